The van der Waals surface area contributed by atoms with Crippen LogP contribution >= 0.6 is 0 Å². The van der Waals surface area contributed by atoms with Crippen molar-refractivity contribution in [1.82, 2.24) is 14.7 Å². The van der Waals surface area contributed by atoms with Crippen LogP contribution in [0.25, 0.3) is 0 Å². The molecule has 0 aromatic heterocycles. The summed E-state index contributed by atoms with van der Waals surface area (Å²) in [5, 5.41) is 0. The molecule has 2 aromatic rings. The van der Waals surface area contributed by atoms with Crippen LogP contribution in [0, 0.1) is 0 Å². The highest BCUT2D eigenvalue weighted by Gasteiger charge is 2.33. The second-order valence-corrected chi connectivity index (χ2v) is 7.98. The van der Waals surface area contributed by atoms with Crippen LogP contribution < -0.4 is 9.64 Å². The molecule has 0 saturated carbocycles. The first-order chi connectivity index (χ1) is 14.1. The van der Waals surface area contributed by atoms with Gasteiger partial charge < -0.3 is 14.5 Å². The highest BCUT2D eigenvalue weighted by Crippen LogP contribution is 2.25. The molecule has 2 aliphatic heterocycles. The van der Waals surface area contributed by atoms with E-state index >= 15 is 0 Å². The van der Waals surface area contributed by atoms with E-state index in [1.165, 1.54) is 0 Å². The molecule has 0 bridgehead atoms. The van der Waals surface area contributed by atoms with Crippen molar-refractivity contribution in [3.05, 3.63) is 54.6 Å². The van der Waals surface area contributed by atoms with Gasteiger partial charge in [0.2, 0.25) is 0 Å². The Morgan fingerprint density at radius 1 is 0.931 bits per heavy atom. The predicted octanol–water partition coefficient (Wildman–Crippen LogP) is 3.36. The third-order valence-corrected chi connectivity index (χ3v) is 5.98. The Morgan fingerprint density at radius 2 is 1.59 bits per heavy atom. The monoisotopic (exact) mass is 394 g/mol. The number of hydrogen-bond acceptors (Lipinski definition) is 4. The Labute approximate surface area is 173 Å². The molecule has 2 aromatic carbocycles. The number of benzene rings is 2. The van der Waals surface area contributed by atoms with Crippen molar-refractivity contribution < 1.29 is 9.53 Å². The first kappa shape index (κ1) is 19.7. The zero-order valence-corrected chi connectivity index (χ0v) is 17.3. The Hall–Kier alpha value is -2.57. The average molecular weight is 395 g/mol. The second kappa shape index (κ2) is 8.84. The fourth-order valence-electron chi connectivity index (χ4n) is 4.09. The maximum Gasteiger partial charge on any atom is 0.324 e. The van der Waals surface area contributed by atoms with Gasteiger partial charge in [-0.05, 0) is 49.9 Å². The molecule has 2 aliphatic rings. The molecule has 0 aliphatic carbocycles. The van der Waals surface area contributed by atoms with Gasteiger partial charge in [-0.3, -0.25) is 9.80 Å². The van der Waals surface area contributed by atoms with E-state index in [-0.39, 0.29) is 6.03 Å². The van der Waals surface area contributed by atoms with Gasteiger partial charge >= 0.3 is 6.03 Å². The Kier molecular flexibility index (Phi) is 6.02. The van der Waals surface area contributed by atoms with Gasteiger partial charge in [-0.2, -0.15) is 0 Å². The lowest BCUT2D eigenvalue weighted by molar-refractivity contribution is 0.114. The largest absolute Gasteiger partial charge is 0.457 e. The van der Waals surface area contributed by atoms with Gasteiger partial charge in [-0.1, -0.05) is 18.2 Å². The number of amides is 2. The molecule has 154 valence electrons. The fraction of sp³-hybridized carbons (Fsp3) is 0.435. The first-order valence-corrected chi connectivity index (χ1v) is 10.4. The Balaban J connectivity index is 1.33. The molecule has 0 radical (unpaired) electrons. The average Bonchev–Trinajstić information content (AvgIpc) is 3.25. The SMILES string of the molecule is CN1CCN(C2CCN(C(=O)N(C)c3ccc(Oc4ccccc4)cc3)C2)CC1. The molecule has 2 amide bonds. The Morgan fingerprint density at radius 3 is 2.28 bits per heavy atom. The normalized spacial score (nSPS) is 20.6. The molecule has 0 N–H and O–H groups in total. The number of likely N-dealkylation sites (tertiary alicyclic amines) is 1. The Bertz CT molecular complexity index is 803. The van der Waals surface area contributed by atoms with Gasteiger partial charge in [0.1, 0.15) is 11.5 Å². The lowest BCUT2D eigenvalue weighted by atomic mass is 10.2. The van der Waals surface area contributed by atoms with Crippen LogP contribution in [-0.4, -0.2) is 80.1 Å². The standard InChI is InChI=1S/C23H30N4O2/c1-24-14-16-26(17-15-24)20-12-13-27(18-20)23(28)25(2)19-8-10-22(11-9-19)29-21-6-4-3-5-7-21/h3-11,20H,12-18H2,1-2H3. The van der Waals surface area contributed by atoms with Crippen LogP contribution in [0.1, 0.15) is 6.42 Å². The molecule has 6 nitrogen and oxygen atoms in total. The van der Waals surface area contributed by atoms with Crippen molar-refractivity contribution in [1.29, 1.82) is 0 Å². The van der Waals surface area contributed by atoms with Crippen LogP contribution in [0.5, 0.6) is 11.5 Å². The smallest absolute Gasteiger partial charge is 0.324 e. The van der Waals surface area contributed by atoms with Crippen molar-refractivity contribution >= 4 is 11.7 Å². The van der Waals surface area contributed by atoms with Gasteiger partial charge in [0.25, 0.3) is 0 Å². The molecule has 2 heterocycles. The van der Waals surface area contributed by atoms with E-state index in [4.69, 9.17) is 4.74 Å². The zero-order valence-electron chi connectivity index (χ0n) is 17.3. The summed E-state index contributed by atoms with van der Waals surface area (Å²) in [7, 11) is 4.02. The van der Waals surface area contributed by atoms with E-state index < -0.39 is 0 Å². The van der Waals surface area contributed by atoms with E-state index in [0.29, 0.717) is 6.04 Å². The van der Waals surface area contributed by atoms with E-state index in [2.05, 4.69) is 16.8 Å². The highest BCUT2D eigenvalue weighted by atomic mass is 16.5. The van der Waals surface area contributed by atoms with Crippen LogP contribution in [0.3, 0.4) is 0 Å². The molecule has 1 unspecified atom stereocenters. The molecule has 29 heavy (non-hydrogen) atoms. The van der Waals surface area contributed by atoms with Crippen LogP contribution in [0.4, 0.5) is 10.5 Å². The van der Waals surface area contributed by atoms with E-state index in [0.717, 1.165) is 62.9 Å². The van der Waals surface area contributed by atoms with E-state index in [1.54, 1.807) is 4.90 Å². The molecule has 1 atom stereocenters. The molecule has 2 saturated heterocycles. The number of likely N-dealkylation sites (N-methyl/N-ethyl adjacent to an activating group) is 1. The fourth-order valence-corrected chi connectivity index (χ4v) is 4.09. The van der Waals surface area contributed by atoms with Gasteiger partial charge in [-0.15, -0.1) is 0 Å². The summed E-state index contributed by atoms with van der Waals surface area (Å²) >= 11 is 0. The van der Waals surface area contributed by atoms with E-state index in [9.17, 15) is 4.79 Å². The predicted molar refractivity (Wildman–Crippen MR) is 116 cm³/mol. The molecule has 6 heteroatoms. The van der Waals surface area contributed by atoms with Crippen molar-refractivity contribution in [2.75, 3.05) is 58.3 Å². The number of rotatable bonds is 4. The summed E-state index contributed by atoms with van der Waals surface area (Å²) in [6.07, 6.45) is 1.06. The summed E-state index contributed by atoms with van der Waals surface area (Å²) in [4.78, 5) is 21.6. The topological polar surface area (TPSA) is 39.3 Å². The van der Waals surface area contributed by atoms with Crippen molar-refractivity contribution in [3.8, 4) is 11.5 Å². The number of anilines is 1. The zero-order chi connectivity index (χ0) is 20.2. The number of ether oxygens (including phenoxy) is 1. The molecular formula is C23H30N4O2. The second-order valence-electron chi connectivity index (χ2n) is 7.98. The van der Waals surface area contributed by atoms with E-state index in [1.807, 2.05) is 66.5 Å². The van der Waals surface area contributed by atoms with Gasteiger partial charge in [-0.25, -0.2) is 4.79 Å². The van der Waals surface area contributed by atoms with Crippen LogP contribution in [0.15, 0.2) is 54.6 Å². The summed E-state index contributed by atoms with van der Waals surface area (Å²) in [5.41, 5.74) is 0.874. The minimum absolute atomic E-state index is 0.0679. The quantitative estimate of drug-likeness (QED) is 0.797. The van der Waals surface area contributed by atoms with Gasteiger partial charge in [0, 0.05) is 58.0 Å². The first-order valence-electron chi connectivity index (χ1n) is 10.4. The van der Waals surface area contributed by atoms with Crippen molar-refractivity contribution in [2.45, 2.75) is 12.5 Å². The maximum absolute atomic E-state index is 13.0. The summed E-state index contributed by atoms with van der Waals surface area (Å²) in [6, 6.07) is 17.9. The summed E-state index contributed by atoms with van der Waals surface area (Å²) in [6.45, 7) is 6.07. The number of urea groups is 1. The van der Waals surface area contributed by atoms with Crippen molar-refractivity contribution in [2.24, 2.45) is 0 Å². The van der Waals surface area contributed by atoms with Gasteiger partial charge in [0.05, 0.1) is 0 Å². The minimum Gasteiger partial charge on any atom is -0.457 e. The number of para-hydroxylation sites is 1. The number of carbonyl (C=O) groups excluding carboxylic acids is 1. The van der Waals surface area contributed by atoms with Gasteiger partial charge in [0.15, 0.2) is 0 Å². The minimum atomic E-state index is 0.0679. The lowest BCUT2D eigenvalue weighted by Crippen LogP contribution is -2.50. The lowest BCUT2D eigenvalue weighted by Gasteiger charge is -2.36. The third kappa shape index (κ3) is 4.71. The van der Waals surface area contributed by atoms with Crippen LogP contribution in [-0.2, 0) is 0 Å². The molecule has 4 rings (SSSR count). The third-order valence-electron chi connectivity index (χ3n) is 5.98. The number of piperazine rings is 1. The number of hydrogen-bond donors (Lipinski definition) is 0. The number of carbonyl (C=O) groups is 1. The van der Waals surface area contributed by atoms with Crippen molar-refractivity contribution in [3.63, 3.8) is 0 Å². The molecule has 2 fully saturated rings. The molecular weight excluding hydrogens is 364 g/mol. The highest BCUT2D eigenvalue weighted by molar-refractivity contribution is 5.91. The molecule has 0 spiro atoms. The maximum atomic E-state index is 13.0. The summed E-state index contributed by atoms with van der Waals surface area (Å²) in [5.74, 6) is 1.56. The summed E-state index contributed by atoms with van der Waals surface area (Å²) < 4.78 is 5.84. The number of nitrogens with zero attached hydrogens (tertiary/aromatic N) is 4. The van der Waals surface area contributed by atoms with Crippen LogP contribution in [0.2, 0.25) is 0 Å².